The molecule has 1 atom stereocenters. The summed E-state index contributed by atoms with van der Waals surface area (Å²) in [7, 11) is 0. The van der Waals surface area contributed by atoms with Crippen molar-refractivity contribution >= 4 is 11.6 Å². The van der Waals surface area contributed by atoms with Crippen LogP contribution in [0.3, 0.4) is 0 Å². The average molecular weight is 240 g/mol. The molecule has 0 spiro atoms. The Kier molecular flexibility index (Phi) is 5.31. The van der Waals surface area contributed by atoms with E-state index in [-0.39, 0.29) is 16.9 Å². The second-order valence-corrected chi connectivity index (χ2v) is 3.82. The van der Waals surface area contributed by atoms with Gasteiger partial charge in [-0.2, -0.15) is 0 Å². The van der Waals surface area contributed by atoms with E-state index in [1.54, 1.807) is 13.0 Å². The molecule has 0 aliphatic carbocycles. The fourth-order valence-electron chi connectivity index (χ4n) is 1.49. The number of hydrogen-bond donors (Lipinski definition) is 1. The fourth-order valence-corrected chi connectivity index (χ4v) is 1.61. The first kappa shape index (κ1) is 13.0. The summed E-state index contributed by atoms with van der Waals surface area (Å²) in [6.45, 7) is 4.63. The maximum Gasteiger partial charge on any atom is 0.142 e. The average Bonchev–Trinajstić information content (AvgIpc) is 2.28. The third-order valence-electron chi connectivity index (χ3n) is 2.28. The molecule has 0 bridgehead atoms. The molecule has 0 aromatic heterocycles. The zero-order chi connectivity index (χ0) is 12.0. The second-order valence-electron chi connectivity index (χ2n) is 3.41. The normalized spacial score (nSPS) is 11.8. The van der Waals surface area contributed by atoms with Crippen molar-refractivity contribution in [2.24, 2.45) is 0 Å². The van der Waals surface area contributed by atoms with Crippen molar-refractivity contribution in [1.29, 1.82) is 0 Å². The van der Waals surface area contributed by atoms with Crippen molar-refractivity contribution in [2.45, 2.75) is 26.3 Å². The van der Waals surface area contributed by atoms with Crippen molar-refractivity contribution in [3.63, 3.8) is 0 Å². The Hall–Kier alpha value is -1.04. The number of hydrogen-bond acceptors (Lipinski definition) is 1. The summed E-state index contributed by atoms with van der Waals surface area (Å²) >= 11 is 5.64. The topological polar surface area (TPSA) is 12.0 Å². The summed E-state index contributed by atoms with van der Waals surface area (Å²) in [6.07, 6.45) is 0.672. The summed E-state index contributed by atoms with van der Waals surface area (Å²) in [5.74, 6) is 5.46. The van der Waals surface area contributed by atoms with E-state index in [1.807, 2.05) is 13.0 Å². The van der Waals surface area contributed by atoms with Crippen LogP contribution in [0.2, 0.25) is 5.02 Å². The minimum Gasteiger partial charge on any atom is -0.309 e. The Labute approximate surface area is 101 Å². The minimum absolute atomic E-state index is 0.0595. The van der Waals surface area contributed by atoms with Crippen LogP contribution in [0.5, 0.6) is 0 Å². The van der Waals surface area contributed by atoms with E-state index >= 15 is 0 Å². The highest BCUT2D eigenvalue weighted by atomic mass is 35.5. The standard InChI is InChI=1S/C13H15ClFN/c1-3-5-6-13(16-4-2)10-7-8-11(14)12(15)9-10/h7-9,13,16H,4,6H2,1-2H3. The summed E-state index contributed by atoms with van der Waals surface area (Å²) in [4.78, 5) is 0. The van der Waals surface area contributed by atoms with Crippen molar-refractivity contribution in [1.82, 2.24) is 5.32 Å². The highest BCUT2D eigenvalue weighted by molar-refractivity contribution is 6.30. The van der Waals surface area contributed by atoms with Crippen molar-refractivity contribution in [3.05, 3.63) is 34.6 Å². The maximum absolute atomic E-state index is 13.3. The summed E-state index contributed by atoms with van der Waals surface area (Å²) in [5, 5.41) is 3.42. The Morgan fingerprint density at radius 3 is 2.81 bits per heavy atom. The molecule has 0 aliphatic rings. The van der Waals surface area contributed by atoms with Gasteiger partial charge in [-0.05, 0) is 31.2 Å². The molecule has 1 unspecified atom stereocenters. The lowest BCUT2D eigenvalue weighted by Crippen LogP contribution is -2.20. The first-order chi connectivity index (χ1) is 7.69. The van der Waals surface area contributed by atoms with Crippen LogP contribution in [0.4, 0.5) is 4.39 Å². The lowest BCUT2D eigenvalue weighted by molar-refractivity contribution is 0.556. The van der Waals surface area contributed by atoms with Gasteiger partial charge in [0.05, 0.1) is 5.02 Å². The molecule has 3 heteroatoms. The van der Waals surface area contributed by atoms with Gasteiger partial charge >= 0.3 is 0 Å². The molecule has 16 heavy (non-hydrogen) atoms. The van der Waals surface area contributed by atoms with Crippen LogP contribution < -0.4 is 5.32 Å². The smallest absolute Gasteiger partial charge is 0.142 e. The molecule has 1 nitrogen and oxygen atoms in total. The van der Waals surface area contributed by atoms with Gasteiger partial charge in [0.1, 0.15) is 5.82 Å². The molecule has 1 rings (SSSR count). The van der Waals surface area contributed by atoms with Crippen LogP contribution in [-0.4, -0.2) is 6.54 Å². The van der Waals surface area contributed by atoms with Crippen LogP contribution in [0.1, 0.15) is 31.9 Å². The lowest BCUT2D eigenvalue weighted by atomic mass is 10.0. The van der Waals surface area contributed by atoms with E-state index in [4.69, 9.17) is 11.6 Å². The second kappa shape index (κ2) is 6.52. The SMILES string of the molecule is CC#CCC(NCC)c1ccc(Cl)c(F)c1. The Balaban J connectivity index is 2.89. The van der Waals surface area contributed by atoms with Crippen LogP contribution in [0.15, 0.2) is 18.2 Å². The van der Waals surface area contributed by atoms with Gasteiger partial charge < -0.3 is 5.32 Å². The molecule has 0 fully saturated rings. The van der Waals surface area contributed by atoms with Gasteiger partial charge in [-0.15, -0.1) is 11.8 Å². The number of benzene rings is 1. The Morgan fingerprint density at radius 2 is 2.25 bits per heavy atom. The molecule has 86 valence electrons. The molecule has 0 aliphatic heterocycles. The zero-order valence-electron chi connectivity index (χ0n) is 9.48. The predicted octanol–water partition coefficient (Wildman–Crippen LogP) is 3.54. The molecule has 0 saturated carbocycles. The molecule has 0 amide bonds. The van der Waals surface area contributed by atoms with Crippen LogP contribution in [-0.2, 0) is 0 Å². The molecular formula is C13H15ClFN. The molecule has 1 aromatic rings. The highest BCUT2D eigenvalue weighted by Gasteiger charge is 2.10. The van der Waals surface area contributed by atoms with Crippen LogP contribution in [0.25, 0.3) is 0 Å². The molecule has 0 radical (unpaired) electrons. The molecule has 0 saturated heterocycles. The van der Waals surface area contributed by atoms with Crippen molar-refractivity contribution < 1.29 is 4.39 Å². The summed E-state index contributed by atoms with van der Waals surface area (Å²) < 4.78 is 13.3. The summed E-state index contributed by atoms with van der Waals surface area (Å²) in [5.41, 5.74) is 0.881. The predicted molar refractivity (Wildman–Crippen MR) is 65.9 cm³/mol. The summed E-state index contributed by atoms with van der Waals surface area (Å²) in [6, 6.07) is 4.93. The van der Waals surface area contributed by atoms with Gasteiger partial charge in [0.2, 0.25) is 0 Å². The van der Waals surface area contributed by atoms with E-state index in [1.165, 1.54) is 6.07 Å². The van der Waals surface area contributed by atoms with Crippen LogP contribution in [0, 0.1) is 17.7 Å². The minimum atomic E-state index is -0.383. The third-order valence-corrected chi connectivity index (χ3v) is 2.59. The quantitative estimate of drug-likeness (QED) is 0.793. The van der Waals surface area contributed by atoms with E-state index in [2.05, 4.69) is 17.2 Å². The Morgan fingerprint density at radius 1 is 1.50 bits per heavy atom. The largest absolute Gasteiger partial charge is 0.309 e. The van der Waals surface area contributed by atoms with Gasteiger partial charge in [0, 0.05) is 12.5 Å². The first-order valence-corrected chi connectivity index (χ1v) is 5.64. The zero-order valence-corrected chi connectivity index (χ0v) is 10.2. The van der Waals surface area contributed by atoms with E-state index in [9.17, 15) is 4.39 Å². The van der Waals surface area contributed by atoms with Gasteiger partial charge in [-0.25, -0.2) is 4.39 Å². The van der Waals surface area contributed by atoms with Crippen molar-refractivity contribution in [3.8, 4) is 11.8 Å². The van der Waals surface area contributed by atoms with E-state index in [0.29, 0.717) is 6.42 Å². The first-order valence-electron chi connectivity index (χ1n) is 5.27. The number of halogens is 2. The number of rotatable bonds is 4. The molecule has 0 heterocycles. The Bertz CT molecular complexity index is 406. The highest BCUT2D eigenvalue weighted by Crippen LogP contribution is 2.22. The van der Waals surface area contributed by atoms with E-state index in [0.717, 1.165) is 12.1 Å². The third kappa shape index (κ3) is 3.52. The van der Waals surface area contributed by atoms with Crippen LogP contribution >= 0.6 is 11.6 Å². The van der Waals surface area contributed by atoms with Gasteiger partial charge in [-0.1, -0.05) is 24.6 Å². The maximum atomic E-state index is 13.3. The lowest BCUT2D eigenvalue weighted by Gasteiger charge is -2.15. The van der Waals surface area contributed by atoms with E-state index < -0.39 is 0 Å². The van der Waals surface area contributed by atoms with Gasteiger partial charge in [0.25, 0.3) is 0 Å². The van der Waals surface area contributed by atoms with Gasteiger partial charge in [0.15, 0.2) is 0 Å². The monoisotopic (exact) mass is 239 g/mol. The van der Waals surface area contributed by atoms with Crippen molar-refractivity contribution in [2.75, 3.05) is 6.54 Å². The number of nitrogens with one attached hydrogen (secondary N) is 1. The molecule has 1 aromatic carbocycles. The fraction of sp³-hybridized carbons (Fsp3) is 0.385. The van der Waals surface area contributed by atoms with Gasteiger partial charge in [-0.3, -0.25) is 0 Å². The molecular weight excluding hydrogens is 225 g/mol. The molecule has 1 N–H and O–H groups in total.